The summed E-state index contributed by atoms with van der Waals surface area (Å²) >= 11 is 3.92. The molecule has 0 heterocycles. The molecule has 0 aliphatic heterocycles. The number of hydrogen-bond donors (Lipinski definition) is 6. The van der Waals surface area contributed by atoms with Gasteiger partial charge in [0, 0.05) is 5.75 Å². The van der Waals surface area contributed by atoms with Gasteiger partial charge >= 0.3 is 5.97 Å². The fourth-order valence-electron chi connectivity index (χ4n) is 2.41. The summed E-state index contributed by atoms with van der Waals surface area (Å²) in [4.78, 5) is 48.5. The molecule has 3 amide bonds. The molecule has 0 fully saturated rings. The molecule has 0 aliphatic carbocycles. The topological polar surface area (TPSA) is 151 Å². The molecular formula is C18H34N4O5S. The van der Waals surface area contributed by atoms with E-state index < -0.39 is 47.9 Å². The summed E-state index contributed by atoms with van der Waals surface area (Å²) in [5.41, 5.74) is 5.57. The lowest BCUT2D eigenvalue weighted by molar-refractivity contribution is -0.141. The first-order chi connectivity index (χ1) is 12.9. The molecule has 0 rings (SSSR count). The molecule has 5 atom stereocenters. The van der Waals surface area contributed by atoms with E-state index in [2.05, 4.69) is 28.6 Å². The van der Waals surface area contributed by atoms with Crippen LogP contribution in [0.25, 0.3) is 0 Å². The quantitative estimate of drug-likeness (QED) is 0.244. The number of hydrogen-bond acceptors (Lipinski definition) is 6. The van der Waals surface area contributed by atoms with Gasteiger partial charge in [-0.1, -0.05) is 34.1 Å². The first-order valence-electron chi connectivity index (χ1n) is 9.44. The van der Waals surface area contributed by atoms with Gasteiger partial charge in [-0.2, -0.15) is 12.6 Å². The molecule has 0 saturated carbocycles. The van der Waals surface area contributed by atoms with Crippen molar-refractivity contribution in [3.05, 3.63) is 0 Å². The van der Waals surface area contributed by atoms with Gasteiger partial charge in [-0.15, -0.1) is 0 Å². The molecule has 0 aromatic heterocycles. The van der Waals surface area contributed by atoms with Crippen LogP contribution in [-0.4, -0.2) is 58.7 Å². The highest BCUT2D eigenvalue weighted by molar-refractivity contribution is 7.80. The molecule has 0 spiro atoms. The smallest absolute Gasteiger partial charge is 0.327 e. The lowest BCUT2D eigenvalue weighted by Crippen LogP contribution is -2.58. The Hall–Kier alpha value is -1.81. The fourth-order valence-corrected chi connectivity index (χ4v) is 2.66. The number of rotatable bonds is 12. The predicted molar refractivity (Wildman–Crippen MR) is 110 cm³/mol. The van der Waals surface area contributed by atoms with Crippen molar-refractivity contribution in [2.75, 3.05) is 5.75 Å². The van der Waals surface area contributed by atoms with Gasteiger partial charge < -0.3 is 26.8 Å². The van der Waals surface area contributed by atoms with E-state index in [1.54, 1.807) is 0 Å². The highest BCUT2D eigenvalue weighted by Gasteiger charge is 2.32. The Bertz CT molecular complexity index is 556. The van der Waals surface area contributed by atoms with Crippen molar-refractivity contribution in [1.82, 2.24) is 16.0 Å². The summed E-state index contributed by atoms with van der Waals surface area (Å²) in [6.45, 7) is 8.96. The Kier molecular flexibility index (Phi) is 11.8. The van der Waals surface area contributed by atoms with Crippen molar-refractivity contribution in [2.45, 2.75) is 71.6 Å². The van der Waals surface area contributed by atoms with Gasteiger partial charge in [0.1, 0.15) is 18.1 Å². The largest absolute Gasteiger partial charge is 0.480 e. The third-order valence-electron chi connectivity index (χ3n) is 4.34. The van der Waals surface area contributed by atoms with Gasteiger partial charge in [0.15, 0.2) is 0 Å². The minimum Gasteiger partial charge on any atom is -0.480 e. The van der Waals surface area contributed by atoms with Crippen molar-refractivity contribution in [2.24, 2.45) is 17.6 Å². The molecule has 0 bridgehead atoms. The molecule has 0 saturated heterocycles. The van der Waals surface area contributed by atoms with Crippen molar-refractivity contribution in [1.29, 1.82) is 0 Å². The fraction of sp³-hybridized carbons (Fsp3) is 0.778. The van der Waals surface area contributed by atoms with Crippen LogP contribution in [0.1, 0.15) is 47.5 Å². The van der Waals surface area contributed by atoms with Crippen LogP contribution < -0.4 is 21.7 Å². The molecule has 10 heteroatoms. The van der Waals surface area contributed by atoms with Crippen LogP contribution in [0.4, 0.5) is 0 Å². The molecule has 162 valence electrons. The molecule has 6 N–H and O–H groups in total. The number of nitrogens with two attached hydrogens (primary N) is 1. The Morgan fingerprint density at radius 3 is 1.86 bits per heavy atom. The summed E-state index contributed by atoms with van der Waals surface area (Å²) in [7, 11) is 0. The lowest BCUT2D eigenvalue weighted by Gasteiger charge is -2.28. The van der Waals surface area contributed by atoms with E-state index in [1.165, 1.54) is 6.92 Å². The summed E-state index contributed by atoms with van der Waals surface area (Å²) in [5.74, 6) is -2.99. The van der Waals surface area contributed by atoms with Gasteiger partial charge in [-0.3, -0.25) is 14.4 Å². The zero-order valence-corrected chi connectivity index (χ0v) is 18.1. The Labute approximate surface area is 172 Å². The number of carboxylic acid groups (broad SMARTS) is 1. The predicted octanol–water partition coefficient (Wildman–Crippen LogP) is -0.105. The third kappa shape index (κ3) is 8.92. The van der Waals surface area contributed by atoms with E-state index in [-0.39, 0.29) is 17.6 Å². The number of aliphatic carboxylic acids is 1. The standard InChI is InChI=1S/C18H34N4O5S/c1-6-10(4)14(22-15(23)11(5)19)17(25)20-12(7-9(2)3)16(24)21-13(8-28)18(26)27/h9-14,28H,6-8,19H2,1-5H3,(H,20,25)(H,21,24)(H,22,23)(H,26,27). The molecule has 0 aromatic carbocycles. The van der Waals surface area contributed by atoms with Crippen LogP contribution in [-0.2, 0) is 19.2 Å². The van der Waals surface area contributed by atoms with Crippen LogP contribution in [0, 0.1) is 11.8 Å². The maximum atomic E-state index is 12.8. The van der Waals surface area contributed by atoms with Crippen LogP contribution in [0.2, 0.25) is 0 Å². The summed E-state index contributed by atoms with van der Waals surface area (Å²) in [5, 5.41) is 16.8. The van der Waals surface area contributed by atoms with Gasteiger partial charge in [0.25, 0.3) is 0 Å². The van der Waals surface area contributed by atoms with Crippen LogP contribution in [0.15, 0.2) is 0 Å². The van der Waals surface area contributed by atoms with Gasteiger partial charge in [0.05, 0.1) is 6.04 Å². The number of carbonyl (C=O) groups is 4. The average molecular weight is 419 g/mol. The number of carboxylic acids is 1. The van der Waals surface area contributed by atoms with E-state index in [0.29, 0.717) is 12.8 Å². The number of amides is 3. The number of nitrogens with one attached hydrogen (secondary N) is 3. The van der Waals surface area contributed by atoms with Crippen LogP contribution in [0.5, 0.6) is 0 Å². The molecular weight excluding hydrogens is 384 g/mol. The second-order valence-electron chi connectivity index (χ2n) is 7.43. The van der Waals surface area contributed by atoms with Crippen molar-refractivity contribution < 1.29 is 24.3 Å². The Morgan fingerprint density at radius 2 is 1.46 bits per heavy atom. The van der Waals surface area contributed by atoms with Crippen molar-refractivity contribution >= 4 is 36.3 Å². The van der Waals surface area contributed by atoms with E-state index in [0.717, 1.165) is 0 Å². The number of carbonyl (C=O) groups excluding carboxylic acids is 3. The van der Waals surface area contributed by atoms with Gasteiger partial charge in [-0.05, 0) is 25.2 Å². The summed E-state index contributed by atoms with van der Waals surface area (Å²) < 4.78 is 0. The van der Waals surface area contributed by atoms with E-state index in [4.69, 9.17) is 10.8 Å². The van der Waals surface area contributed by atoms with Crippen LogP contribution in [0.3, 0.4) is 0 Å². The highest BCUT2D eigenvalue weighted by Crippen LogP contribution is 2.11. The van der Waals surface area contributed by atoms with Crippen LogP contribution >= 0.6 is 12.6 Å². The average Bonchev–Trinajstić information content (AvgIpc) is 2.61. The van der Waals surface area contributed by atoms with Gasteiger partial charge in [-0.25, -0.2) is 4.79 Å². The minimum atomic E-state index is -1.21. The Balaban J connectivity index is 5.40. The molecule has 0 aromatic rings. The normalized spacial score (nSPS) is 16.4. The SMILES string of the molecule is CCC(C)C(NC(=O)C(C)N)C(=O)NC(CC(C)C)C(=O)NC(CS)C(=O)O. The third-order valence-corrected chi connectivity index (χ3v) is 4.71. The van der Waals surface area contributed by atoms with Crippen molar-refractivity contribution in [3.63, 3.8) is 0 Å². The number of thiol groups is 1. The first-order valence-corrected chi connectivity index (χ1v) is 10.1. The first kappa shape index (κ1) is 26.2. The Morgan fingerprint density at radius 1 is 0.929 bits per heavy atom. The molecule has 0 aliphatic rings. The van der Waals surface area contributed by atoms with Gasteiger partial charge in [0.2, 0.25) is 17.7 Å². The van der Waals surface area contributed by atoms with E-state index >= 15 is 0 Å². The summed E-state index contributed by atoms with van der Waals surface area (Å²) in [6.07, 6.45) is 0.935. The second-order valence-corrected chi connectivity index (χ2v) is 7.80. The minimum absolute atomic E-state index is 0.0658. The summed E-state index contributed by atoms with van der Waals surface area (Å²) in [6, 6.07) is -3.73. The second kappa shape index (κ2) is 12.6. The zero-order chi connectivity index (χ0) is 22.0. The molecule has 28 heavy (non-hydrogen) atoms. The molecule has 0 radical (unpaired) electrons. The van der Waals surface area contributed by atoms with E-state index in [1.807, 2.05) is 27.7 Å². The zero-order valence-electron chi connectivity index (χ0n) is 17.2. The maximum absolute atomic E-state index is 12.8. The maximum Gasteiger partial charge on any atom is 0.327 e. The molecule has 5 unspecified atom stereocenters. The van der Waals surface area contributed by atoms with E-state index in [9.17, 15) is 19.2 Å². The highest BCUT2D eigenvalue weighted by atomic mass is 32.1. The van der Waals surface area contributed by atoms with Crippen molar-refractivity contribution in [3.8, 4) is 0 Å². The lowest BCUT2D eigenvalue weighted by atomic mass is 9.96. The monoisotopic (exact) mass is 418 g/mol. The molecule has 9 nitrogen and oxygen atoms in total.